The standard InChI is InChI=1S/C14H17NO2S/c1-3-13-6-4-5-11-15(13)18(16,17)14-9-7-12(2)8-10-14/h3,6-10H,1,4-5,11H2,2H3. The second-order valence-electron chi connectivity index (χ2n) is 4.37. The van der Waals surface area contributed by atoms with Crippen LogP contribution in [0.4, 0.5) is 0 Å². The summed E-state index contributed by atoms with van der Waals surface area (Å²) in [5.74, 6) is 0. The van der Waals surface area contributed by atoms with Crippen LogP contribution in [0.1, 0.15) is 18.4 Å². The van der Waals surface area contributed by atoms with Crippen molar-refractivity contribution < 1.29 is 8.42 Å². The molecule has 0 saturated heterocycles. The molecule has 0 fully saturated rings. The van der Waals surface area contributed by atoms with Crippen molar-refractivity contribution in [3.05, 3.63) is 54.3 Å². The molecule has 0 bridgehead atoms. The van der Waals surface area contributed by atoms with Crippen molar-refractivity contribution in [2.24, 2.45) is 0 Å². The van der Waals surface area contributed by atoms with Crippen molar-refractivity contribution in [3.8, 4) is 0 Å². The van der Waals surface area contributed by atoms with Gasteiger partial charge in [0.2, 0.25) is 0 Å². The van der Waals surface area contributed by atoms with Gasteiger partial charge in [0.25, 0.3) is 10.0 Å². The van der Waals surface area contributed by atoms with Crippen molar-refractivity contribution in [2.45, 2.75) is 24.7 Å². The molecule has 18 heavy (non-hydrogen) atoms. The molecule has 1 heterocycles. The predicted molar refractivity (Wildman–Crippen MR) is 72.6 cm³/mol. The summed E-state index contributed by atoms with van der Waals surface area (Å²) < 4.78 is 26.4. The van der Waals surface area contributed by atoms with Crippen LogP contribution in [0.5, 0.6) is 0 Å². The molecular formula is C14H17NO2S. The average Bonchev–Trinajstić information content (AvgIpc) is 2.39. The zero-order chi connectivity index (χ0) is 13.2. The highest BCUT2D eigenvalue weighted by molar-refractivity contribution is 7.89. The maximum Gasteiger partial charge on any atom is 0.264 e. The number of aryl methyl sites for hydroxylation is 1. The summed E-state index contributed by atoms with van der Waals surface area (Å²) in [7, 11) is -3.45. The van der Waals surface area contributed by atoms with E-state index in [-0.39, 0.29) is 0 Å². The number of benzene rings is 1. The Labute approximate surface area is 108 Å². The van der Waals surface area contributed by atoms with Gasteiger partial charge >= 0.3 is 0 Å². The first kappa shape index (κ1) is 12.9. The van der Waals surface area contributed by atoms with Crippen molar-refractivity contribution in [3.63, 3.8) is 0 Å². The molecule has 0 saturated carbocycles. The fraction of sp³-hybridized carbons (Fsp3) is 0.286. The fourth-order valence-electron chi connectivity index (χ4n) is 2.00. The molecule has 2 rings (SSSR count). The Morgan fingerprint density at radius 1 is 1.28 bits per heavy atom. The van der Waals surface area contributed by atoms with Gasteiger partial charge in [-0.3, -0.25) is 4.31 Å². The van der Waals surface area contributed by atoms with Gasteiger partial charge in [0.1, 0.15) is 0 Å². The van der Waals surface area contributed by atoms with Gasteiger partial charge in [0, 0.05) is 12.2 Å². The Morgan fingerprint density at radius 2 is 1.94 bits per heavy atom. The molecule has 1 aliphatic heterocycles. The van der Waals surface area contributed by atoms with Crippen molar-refractivity contribution in [1.82, 2.24) is 4.31 Å². The van der Waals surface area contributed by atoms with Crippen LogP contribution in [0.2, 0.25) is 0 Å². The van der Waals surface area contributed by atoms with E-state index in [4.69, 9.17) is 0 Å². The van der Waals surface area contributed by atoms with Gasteiger partial charge in [-0.15, -0.1) is 0 Å². The molecule has 3 nitrogen and oxygen atoms in total. The molecule has 0 radical (unpaired) electrons. The molecule has 1 aliphatic rings. The zero-order valence-electron chi connectivity index (χ0n) is 10.5. The van der Waals surface area contributed by atoms with E-state index in [1.165, 1.54) is 4.31 Å². The van der Waals surface area contributed by atoms with Crippen LogP contribution in [0.25, 0.3) is 0 Å². The lowest BCUT2D eigenvalue weighted by atomic mass is 10.2. The van der Waals surface area contributed by atoms with Crippen LogP contribution >= 0.6 is 0 Å². The second-order valence-corrected chi connectivity index (χ2v) is 6.23. The summed E-state index contributed by atoms with van der Waals surface area (Å²) in [5.41, 5.74) is 1.73. The van der Waals surface area contributed by atoms with E-state index in [1.807, 2.05) is 25.1 Å². The van der Waals surface area contributed by atoms with E-state index in [0.29, 0.717) is 17.1 Å². The molecule has 0 amide bonds. The third kappa shape index (κ3) is 2.34. The molecule has 4 heteroatoms. The molecule has 0 aromatic heterocycles. The molecular weight excluding hydrogens is 246 g/mol. The maximum absolute atomic E-state index is 12.5. The highest BCUT2D eigenvalue weighted by atomic mass is 32.2. The third-order valence-electron chi connectivity index (χ3n) is 3.02. The highest BCUT2D eigenvalue weighted by Crippen LogP contribution is 2.25. The Balaban J connectivity index is 2.42. The molecule has 1 aromatic carbocycles. The van der Waals surface area contributed by atoms with Crippen LogP contribution in [0.3, 0.4) is 0 Å². The highest BCUT2D eigenvalue weighted by Gasteiger charge is 2.26. The first-order chi connectivity index (χ1) is 8.55. The van der Waals surface area contributed by atoms with Gasteiger partial charge in [0.15, 0.2) is 0 Å². The largest absolute Gasteiger partial charge is 0.267 e. The molecule has 0 atom stereocenters. The number of rotatable bonds is 3. The SMILES string of the molecule is C=CC1=CCCCN1S(=O)(=O)c1ccc(C)cc1. The normalized spacial score (nSPS) is 16.3. The number of hydrogen-bond donors (Lipinski definition) is 0. The molecule has 96 valence electrons. The summed E-state index contributed by atoms with van der Waals surface area (Å²) >= 11 is 0. The lowest BCUT2D eigenvalue weighted by Gasteiger charge is -2.28. The first-order valence-corrected chi connectivity index (χ1v) is 7.42. The van der Waals surface area contributed by atoms with E-state index in [2.05, 4.69) is 6.58 Å². The smallest absolute Gasteiger partial charge is 0.264 e. The van der Waals surface area contributed by atoms with Crippen LogP contribution < -0.4 is 0 Å². The summed E-state index contributed by atoms with van der Waals surface area (Å²) in [6.45, 7) is 6.14. The quantitative estimate of drug-likeness (QED) is 0.841. The molecule has 0 N–H and O–H groups in total. The lowest BCUT2D eigenvalue weighted by molar-refractivity contribution is 0.459. The third-order valence-corrected chi connectivity index (χ3v) is 4.87. The average molecular weight is 263 g/mol. The zero-order valence-corrected chi connectivity index (χ0v) is 11.3. The maximum atomic E-state index is 12.5. The molecule has 0 unspecified atom stereocenters. The Kier molecular flexibility index (Phi) is 3.57. The number of sulfonamides is 1. The van der Waals surface area contributed by atoms with Crippen molar-refractivity contribution in [2.75, 3.05) is 6.54 Å². The van der Waals surface area contributed by atoms with Gasteiger partial charge in [-0.2, -0.15) is 0 Å². The molecule has 0 aliphatic carbocycles. The van der Waals surface area contributed by atoms with Crippen LogP contribution in [-0.4, -0.2) is 19.3 Å². The van der Waals surface area contributed by atoms with E-state index in [1.54, 1.807) is 18.2 Å². The minimum atomic E-state index is -3.45. The van der Waals surface area contributed by atoms with Crippen molar-refractivity contribution >= 4 is 10.0 Å². The van der Waals surface area contributed by atoms with Crippen LogP contribution in [0.15, 0.2) is 53.6 Å². The number of hydrogen-bond acceptors (Lipinski definition) is 2. The van der Waals surface area contributed by atoms with Gasteiger partial charge in [0.05, 0.1) is 4.90 Å². The molecule has 1 aromatic rings. The molecule has 0 spiro atoms. The van der Waals surface area contributed by atoms with E-state index in [9.17, 15) is 8.42 Å². The topological polar surface area (TPSA) is 37.4 Å². The van der Waals surface area contributed by atoms with E-state index >= 15 is 0 Å². The Hall–Kier alpha value is -1.55. The van der Waals surface area contributed by atoms with Crippen LogP contribution in [0, 0.1) is 6.92 Å². The number of nitrogens with zero attached hydrogens (tertiary/aromatic N) is 1. The summed E-state index contributed by atoms with van der Waals surface area (Å²) in [6.07, 6.45) is 5.27. The van der Waals surface area contributed by atoms with Crippen molar-refractivity contribution in [1.29, 1.82) is 0 Å². The van der Waals surface area contributed by atoms with E-state index < -0.39 is 10.0 Å². The number of allylic oxidation sites excluding steroid dienone is 2. The van der Waals surface area contributed by atoms with Gasteiger partial charge in [-0.25, -0.2) is 8.42 Å². The fourth-order valence-corrected chi connectivity index (χ4v) is 3.53. The minimum absolute atomic E-state index is 0.336. The second kappa shape index (κ2) is 4.98. The van der Waals surface area contributed by atoms with Gasteiger partial charge < -0.3 is 0 Å². The lowest BCUT2D eigenvalue weighted by Crippen LogP contribution is -2.32. The minimum Gasteiger partial charge on any atom is -0.267 e. The monoisotopic (exact) mass is 263 g/mol. The summed E-state index contributed by atoms with van der Waals surface area (Å²) in [6, 6.07) is 6.93. The summed E-state index contributed by atoms with van der Waals surface area (Å²) in [5, 5.41) is 0. The van der Waals surface area contributed by atoms with E-state index in [0.717, 1.165) is 18.4 Å². The predicted octanol–water partition coefficient (Wildman–Crippen LogP) is 2.85. The van der Waals surface area contributed by atoms with Crippen LogP contribution in [-0.2, 0) is 10.0 Å². The summed E-state index contributed by atoms with van der Waals surface area (Å²) in [4.78, 5) is 0.336. The van der Waals surface area contributed by atoms with Gasteiger partial charge in [-0.1, -0.05) is 30.4 Å². The Morgan fingerprint density at radius 3 is 2.56 bits per heavy atom. The Bertz CT molecular complexity index is 570. The van der Waals surface area contributed by atoms with Gasteiger partial charge in [-0.05, 0) is 38.0 Å². The first-order valence-electron chi connectivity index (χ1n) is 5.98.